The molecular weight excluding hydrogens is 158 g/mol. The summed E-state index contributed by atoms with van der Waals surface area (Å²) >= 11 is 0. The zero-order valence-corrected chi connectivity index (χ0v) is 7.54. The Morgan fingerprint density at radius 3 is 2.67 bits per heavy atom. The summed E-state index contributed by atoms with van der Waals surface area (Å²) in [5.41, 5.74) is 7.51. The number of methoxy groups -OCH3 is 2. The number of ether oxygens (including phenoxy) is 2. The molecule has 0 bridgehead atoms. The van der Waals surface area contributed by atoms with Crippen molar-refractivity contribution < 1.29 is 14.6 Å². The monoisotopic (exact) mass is 174 g/mol. The highest BCUT2D eigenvalue weighted by molar-refractivity contribution is 4.88. The maximum absolute atomic E-state index is 9.83. The molecule has 1 fully saturated rings. The molecule has 1 aliphatic carbocycles. The second-order valence-corrected chi connectivity index (χ2v) is 3.24. The lowest BCUT2D eigenvalue weighted by Gasteiger charge is -2.39. The SMILES string of the molecule is CO[C@H]1C[C@H]([NH])CCC1(O)OC. The maximum Gasteiger partial charge on any atom is 0.191 e. The Bertz CT molecular complexity index is 153. The number of aliphatic hydroxyl groups is 1. The molecule has 0 heterocycles. The molecule has 71 valence electrons. The van der Waals surface area contributed by atoms with Gasteiger partial charge in [-0.05, 0) is 12.8 Å². The van der Waals surface area contributed by atoms with Crippen LogP contribution in [-0.2, 0) is 9.47 Å². The Balaban J connectivity index is 2.62. The molecule has 4 nitrogen and oxygen atoms in total. The third-order valence-electron chi connectivity index (χ3n) is 2.49. The Kier molecular flexibility index (Phi) is 3.06. The van der Waals surface area contributed by atoms with Crippen LogP contribution < -0.4 is 5.73 Å². The van der Waals surface area contributed by atoms with Crippen molar-refractivity contribution in [1.29, 1.82) is 0 Å². The molecule has 12 heavy (non-hydrogen) atoms. The lowest BCUT2D eigenvalue weighted by atomic mass is 9.88. The zero-order valence-electron chi connectivity index (χ0n) is 7.54. The predicted octanol–water partition coefficient (Wildman–Crippen LogP) is 0.172. The van der Waals surface area contributed by atoms with E-state index >= 15 is 0 Å². The molecule has 4 heteroatoms. The molecule has 1 rings (SSSR count). The third kappa shape index (κ3) is 1.77. The minimum absolute atomic E-state index is 0.134. The van der Waals surface area contributed by atoms with Crippen molar-refractivity contribution >= 4 is 0 Å². The first-order valence-electron chi connectivity index (χ1n) is 4.14. The van der Waals surface area contributed by atoms with Crippen LogP contribution in [0.2, 0.25) is 0 Å². The van der Waals surface area contributed by atoms with E-state index in [4.69, 9.17) is 15.2 Å². The average molecular weight is 174 g/mol. The molecule has 0 aliphatic heterocycles. The van der Waals surface area contributed by atoms with Gasteiger partial charge in [0, 0.05) is 26.7 Å². The summed E-state index contributed by atoms with van der Waals surface area (Å²) in [6, 6.07) is -0.134. The molecular formula is C8H16NO3. The molecule has 0 saturated heterocycles. The number of hydrogen-bond acceptors (Lipinski definition) is 3. The van der Waals surface area contributed by atoms with Crippen LogP contribution in [0.4, 0.5) is 0 Å². The summed E-state index contributed by atoms with van der Waals surface area (Å²) in [6.07, 6.45) is 1.33. The van der Waals surface area contributed by atoms with Gasteiger partial charge in [0.25, 0.3) is 0 Å². The lowest BCUT2D eigenvalue weighted by Crippen LogP contribution is -2.50. The molecule has 0 amide bonds. The Labute approximate surface area is 72.6 Å². The van der Waals surface area contributed by atoms with Crippen LogP contribution in [0, 0.1) is 0 Å². The van der Waals surface area contributed by atoms with Crippen molar-refractivity contribution in [3.63, 3.8) is 0 Å². The van der Waals surface area contributed by atoms with Gasteiger partial charge in [-0.1, -0.05) is 0 Å². The zero-order chi connectivity index (χ0) is 9.19. The van der Waals surface area contributed by atoms with E-state index in [1.165, 1.54) is 14.2 Å². The average Bonchev–Trinajstić information content (AvgIpc) is 2.09. The van der Waals surface area contributed by atoms with Gasteiger partial charge in [-0.25, -0.2) is 0 Å². The summed E-state index contributed by atoms with van der Waals surface area (Å²) in [6.45, 7) is 0. The van der Waals surface area contributed by atoms with Crippen LogP contribution in [0.5, 0.6) is 0 Å². The van der Waals surface area contributed by atoms with Crippen LogP contribution in [0.1, 0.15) is 19.3 Å². The van der Waals surface area contributed by atoms with Gasteiger partial charge in [-0.3, -0.25) is 5.73 Å². The van der Waals surface area contributed by atoms with Crippen molar-refractivity contribution in [2.75, 3.05) is 14.2 Å². The second kappa shape index (κ2) is 3.70. The van der Waals surface area contributed by atoms with Crippen molar-refractivity contribution in [2.45, 2.75) is 37.2 Å². The van der Waals surface area contributed by atoms with Gasteiger partial charge in [0.15, 0.2) is 5.79 Å². The van der Waals surface area contributed by atoms with Gasteiger partial charge in [0.05, 0.1) is 0 Å². The minimum Gasteiger partial charge on any atom is -0.376 e. The van der Waals surface area contributed by atoms with E-state index in [0.29, 0.717) is 19.3 Å². The van der Waals surface area contributed by atoms with E-state index < -0.39 is 5.79 Å². The van der Waals surface area contributed by atoms with E-state index in [2.05, 4.69) is 0 Å². The Hall–Kier alpha value is -0.160. The van der Waals surface area contributed by atoms with E-state index in [1.807, 2.05) is 0 Å². The fourth-order valence-corrected chi connectivity index (χ4v) is 1.62. The van der Waals surface area contributed by atoms with E-state index in [0.717, 1.165) is 0 Å². The smallest absolute Gasteiger partial charge is 0.191 e. The summed E-state index contributed by atoms with van der Waals surface area (Å²) < 4.78 is 10.1. The normalized spacial score (nSPS) is 43.0. The molecule has 1 radical (unpaired) electrons. The maximum atomic E-state index is 9.83. The van der Waals surface area contributed by atoms with Crippen LogP contribution >= 0.6 is 0 Å². The summed E-state index contributed by atoms with van der Waals surface area (Å²) in [5.74, 6) is -1.17. The van der Waals surface area contributed by atoms with Gasteiger partial charge in [0.1, 0.15) is 6.10 Å². The van der Waals surface area contributed by atoms with E-state index in [1.54, 1.807) is 0 Å². The first kappa shape index (κ1) is 9.92. The standard InChI is InChI=1S/C8H16NO3/c1-11-7-5-6(9)3-4-8(7,10)12-2/h6-7,9-10H,3-5H2,1-2H3/t6-,7+,8?/m1/s1. The molecule has 0 aromatic rings. The topological polar surface area (TPSA) is 62.5 Å². The van der Waals surface area contributed by atoms with Crippen LogP contribution in [-0.4, -0.2) is 37.3 Å². The predicted molar refractivity (Wildman–Crippen MR) is 43.5 cm³/mol. The van der Waals surface area contributed by atoms with Gasteiger partial charge >= 0.3 is 0 Å². The van der Waals surface area contributed by atoms with Gasteiger partial charge in [-0.2, -0.15) is 0 Å². The second-order valence-electron chi connectivity index (χ2n) is 3.24. The highest BCUT2D eigenvalue weighted by atomic mass is 16.6. The molecule has 0 aromatic carbocycles. The fourth-order valence-electron chi connectivity index (χ4n) is 1.62. The van der Waals surface area contributed by atoms with Crippen LogP contribution in [0.25, 0.3) is 0 Å². The van der Waals surface area contributed by atoms with Gasteiger partial charge in [-0.15, -0.1) is 0 Å². The van der Waals surface area contributed by atoms with Crippen LogP contribution in [0.15, 0.2) is 0 Å². The van der Waals surface area contributed by atoms with Crippen molar-refractivity contribution in [1.82, 2.24) is 5.73 Å². The summed E-state index contributed by atoms with van der Waals surface area (Å²) in [7, 11) is 3.00. The molecule has 2 N–H and O–H groups in total. The Morgan fingerprint density at radius 2 is 2.17 bits per heavy atom. The fraction of sp³-hybridized carbons (Fsp3) is 1.00. The third-order valence-corrected chi connectivity index (χ3v) is 2.49. The van der Waals surface area contributed by atoms with Crippen molar-refractivity contribution in [3.8, 4) is 0 Å². The molecule has 3 atom stereocenters. The highest BCUT2D eigenvalue weighted by Gasteiger charge is 2.42. The molecule has 1 aliphatic rings. The van der Waals surface area contributed by atoms with Gasteiger partial charge < -0.3 is 14.6 Å². The van der Waals surface area contributed by atoms with E-state index in [-0.39, 0.29) is 12.1 Å². The number of nitrogens with one attached hydrogen (secondary N) is 1. The lowest BCUT2D eigenvalue weighted by molar-refractivity contribution is -0.265. The molecule has 0 aromatic heterocycles. The molecule has 0 spiro atoms. The van der Waals surface area contributed by atoms with Crippen molar-refractivity contribution in [2.24, 2.45) is 0 Å². The number of rotatable bonds is 2. The minimum atomic E-state index is -1.17. The number of hydrogen-bond donors (Lipinski definition) is 1. The van der Waals surface area contributed by atoms with Gasteiger partial charge in [0.2, 0.25) is 0 Å². The Morgan fingerprint density at radius 1 is 1.50 bits per heavy atom. The first-order chi connectivity index (χ1) is 5.62. The van der Waals surface area contributed by atoms with E-state index in [9.17, 15) is 5.11 Å². The first-order valence-corrected chi connectivity index (χ1v) is 4.14. The van der Waals surface area contributed by atoms with Crippen LogP contribution in [0.3, 0.4) is 0 Å². The summed E-state index contributed by atoms with van der Waals surface area (Å²) in [4.78, 5) is 0. The quantitative estimate of drug-likeness (QED) is 0.607. The summed E-state index contributed by atoms with van der Waals surface area (Å²) in [5, 5.41) is 9.83. The molecule has 1 saturated carbocycles. The highest BCUT2D eigenvalue weighted by Crippen LogP contribution is 2.30. The molecule has 1 unspecified atom stereocenters. The van der Waals surface area contributed by atoms with Crippen molar-refractivity contribution in [3.05, 3.63) is 0 Å². The largest absolute Gasteiger partial charge is 0.376 e.